The van der Waals surface area contributed by atoms with Crippen LogP contribution in [0.25, 0.3) is 0 Å². The van der Waals surface area contributed by atoms with Crippen molar-refractivity contribution in [3.8, 4) is 0 Å². The molecule has 1 unspecified atom stereocenters. The molecule has 4 nitrogen and oxygen atoms in total. The maximum Gasteiger partial charge on any atom is 0.252 e. The van der Waals surface area contributed by atoms with Gasteiger partial charge in [0.05, 0.1) is 10.0 Å². The normalized spacial score (nSPS) is 11.9. The van der Waals surface area contributed by atoms with E-state index in [1.165, 1.54) is 18.2 Å². The number of carbonyl (C=O) groups is 2. The first kappa shape index (κ1) is 13.6. The Hall–Kier alpha value is -1.43. The molecule has 1 rings (SSSR count). The molecule has 0 saturated carbocycles. The van der Waals surface area contributed by atoms with Gasteiger partial charge in [-0.25, -0.2) is 4.39 Å². The van der Waals surface area contributed by atoms with Gasteiger partial charge in [-0.1, -0.05) is 6.07 Å². The fourth-order valence-corrected chi connectivity index (χ4v) is 1.78. The molecule has 0 aliphatic carbocycles. The molecular formula is C11H12BrFN2O2. The average Bonchev–Trinajstić information content (AvgIpc) is 2.20. The van der Waals surface area contributed by atoms with E-state index in [0.29, 0.717) is 0 Å². The van der Waals surface area contributed by atoms with Gasteiger partial charge in [0.1, 0.15) is 5.82 Å². The van der Waals surface area contributed by atoms with Gasteiger partial charge in [-0.3, -0.25) is 9.59 Å². The molecule has 6 heteroatoms. The smallest absolute Gasteiger partial charge is 0.252 e. The number of benzene rings is 1. The summed E-state index contributed by atoms with van der Waals surface area (Å²) in [7, 11) is 0. The first-order chi connectivity index (χ1) is 7.91. The molecular weight excluding hydrogens is 291 g/mol. The highest BCUT2D eigenvalue weighted by molar-refractivity contribution is 9.10. The van der Waals surface area contributed by atoms with Gasteiger partial charge < -0.3 is 11.1 Å². The number of hydrogen-bond acceptors (Lipinski definition) is 2. The van der Waals surface area contributed by atoms with Crippen LogP contribution in [-0.4, -0.2) is 17.9 Å². The van der Waals surface area contributed by atoms with Crippen LogP contribution in [-0.2, 0) is 4.79 Å². The number of rotatable bonds is 4. The summed E-state index contributed by atoms with van der Waals surface area (Å²) < 4.78 is 13.3. The molecule has 0 aromatic heterocycles. The summed E-state index contributed by atoms with van der Waals surface area (Å²) in [5, 5.41) is 2.56. The lowest BCUT2D eigenvalue weighted by Gasteiger charge is -2.12. The second kappa shape index (κ2) is 5.77. The summed E-state index contributed by atoms with van der Waals surface area (Å²) in [5.74, 6) is -1.47. The summed E-state index contributed by atoms with van der Waals surface area (Å²) in [6.45, 7) is 1.65. The highest BCUT2D eigenvalue weighted by atomic mass is 79.9. The van der Waals surface area contributed by atoms with Gasteiger partial charge in [0.15, 0.2) is 0 Å². The number of nitrogens with two attached hydrogens (primary N) is 1. The monoisotopic (exact) mass is 302 g/mol. The van der Waals surface area contributed by atoms with Crippen LogP contribution in [0.2, 0.25) is 0 Å². The Bertz CT molecular complexity index is 451. The summed E-state index contributed by atoms with van der Waals surface area (Å²) in [6, 6.07) is 3.77. The van der Waals surface area contributed by atoms with E-state index in [2.05, 4.69) is 21.2 Å². The summed E-state index contributed by atoms with van der Waals surface area (Å²) in [5.41, 5.74) is 5.18. The zero-order valence-corrected chi connectivity index (χ0v) is 10.8. The molecule has 0 radical (unpaired) electrons. The largest absolute Gasteiger partial charge is 0.370 e. The molecule has 0 heterocycles. The molecule has 0 saturated heterocycles. The maximum atomic E-state index is 13.2. The molecule has 0 fully saturated rings. The van der Waals surface area contributed by atoms with Gasteiger partial charge in [0, 0.05) is 12.5 Å². The number of carbonyl (C=O) groups excluding carboxylic acids is 2. The molecule has 0 spiro atoms. The topological polar surface area (TPSA) is 72.2 Å². The van der Waals surface area contributed by atoms with Crippen LogP contribution in [0.4, 0.5) is 4.39 Å². The Morgan fingerprint density at radius 1 is 1.53 bits per heavy atom. The Balaban J connectivity index is 2.77. The van der Waals surface area contributed by atoms with Gasteiger partial charge in [-0.05, 0) is 35.0 Å². The van der Waals surface area contributed by atoms with Gasteiger partial charge in [-0.2, -0.15) is 0 Å². The SMILES string of the molecule is CC(CC(N)=O)NC(=O)c1cccc(F)c1Br. The fraction of sp³-hybridized carbons (Fsp3) is 0.273. The van der Waals surface area contributed by atoms with Crippen molar-refractivity contribution in [3.63, 3.8) is 0 Å². The molecule has 17 heavy (non-hydrogen) atoms. The van der Waals surface area contributed by atoms with E-state index in [4.69, 9.17) is 5.73 Å². The highest BCUT2D eigenvalue weighted by Crippen LogP contribution is 2.20. The van der Waals surface area contributed by atoms with Crippen LogP contribution in [0, 0.1) is 5.82 Å². The van der Waals surface area contributed by atoms with Crippen LogP contribution in [0.5, 0.6) is 0 Å². The zero-order valence-electron chi connectivity index (χ0n) is 9.17. The van der Waals surface area contributed by atoms with Gasteiger partial charge in [0.2, 0.25) is 5.91 Å². The third-order valence-corrected chi connectivity index (χ3v) is 2.89. The molecule has 0 aliphatic heterocycles. The third-order valence-electron chi connectivity index (χ3n) is 2.08. The number of halogens is 2. The van der Waals surface area contributed by atoms with E-state index in [-0.39, 0.29) is 16.5 Å². The standard InChI is InChI=1S/C11H12BrFN2O2/c1-6(5-9(14)16)15-11(17)7-3-2-4-8(13)10(7)12/h2-4,6H,5H2,1H3,(H2,14,16)(H,15,17). The number of primary amides is 1. The second-order valence-corrected chi connectivity index (χ2v) is 4.44. The average molecular weight is 303 g/mol. The predicted molar refractivity (Wildman–Crippen MR) is 64.8 cm³/mol. The third kappa shape index (κ3) is 3.81. The minimum absolute atomic E-state index is 0.0404. The predicted octanol–water partition coefficient (Wildman–Crippen LogP) is 1.58. The Morgan fingerprint density at radius 3 is 2.76 bits per heavy atom. The molecule has 92 valence electrons. The quantitative estimate of drug-likeness (QED) is 0.886. The van der Waals surface area contributed by atoms with Crippen LogP contribution in [0.1, 0.15) is 23.7 Å². The fourth-order valence-electron chi connectivity index (χ4n) is 1.33. The van der Waals surface area contributed by atoms with E-state index >= 15 is 0 Å². The Kier molecular flexibility index (Phi) is 4.62. The molecule has 1 aromatic carbocycles. The Labute approximate surface area is 107 Å². The zero-order chi connectivity index (χ0) is 13.0. The van der Waals surface area contributed by atoms with Crippen molar-refractivity contribution in [1.82, 2.24) is 5.32 Å². The van der Waals surface area contributed by atoms with Crippen molar-refractivity contribution < 1.29 is 14.0 Å². The highest BCUT2D eigenvalue weighted by Gasteiger charge is 2.15. The summed E-state index contributed by atoms with van der Waals surface area (Å²) in [6.07, 6.45) is 0.0404. The molecule has 0 aliphatic rings. The molecule has 3 N–H and O–H groups in total. The number of amides is 2. The first-order valence-corrected chi connectivity index (χ1v) is 5.74. The lowest BCUT2D eigenvalue weighted by Crippen LogP contribution is -2.35. The number of hydrogen-bond donors (Lipinski definition) is 2. The van der Waals surface area contributed by atoms with Crippen molar-refractivity contribution in [2.24, 2.45) is 5.73 Å². The first-order valence-electron chi connectivity index (χ1n) is 4.95. The molecule has 1 atom stereocenters. The van der Waals surface area contributed by atoms with Gasteiger partial charge in [-0.15, -0.1) is 0 Å². The molecule has 1 aromatic rings. The summed E-state index contributed by atoms with van der Waals surface area (Å²) in [4.78, 5) is 22.4. The lowest BCUT2D eigenvalue weighted by atomic mass is 10.1. The van der Waals surface area contributed by atoms with Crippen LogP contribution in [0.15, 0.2) is 22.7 Å². The minimum Gasteiger partial charge on any atom is -0.370 e. The van der Waals surface area contributed by atoms with Gasteiger partial charge in [0.25, 0.3) is 5.91 Å². The van der Waals surface area contributed by atoms with Crippen molar-refractivity contribution in [1.29, 1.82) is 0 Å². The van der Waals surface area contributed by atoms with E-state index in [1.54, 1.807) is 6.92 Å². The summed E-state index contributed by atoms with van der Waals surface area (Å²) >= 11 is 2.99. The second-order valence-electron chi connectivity index (χ2n) is 3.65. The van der Waals surface area contributed by atoms with Crippen molar-refractivity contribution in [3.05, 3.63) is 34.1 Å². The van der Waals surface area contributed by atoms with Crippen molar-refractivity contribution >= 4 is 27.7 Å². The van der Waals surface area contributed by atoms with E-state index in [1.807, 2.05) is 0 Å². The van der Waals surface area contributed by atoms with Crippen molar-refractivity contribution in [2.75, 3.05) is 0 Å². The minimum atomic E-state index is -0.514. The van der Waals surface area contributed by atoms with Crippen LogP contribution in [0.3, 0.4) is 0 Å². The van der Waals surface area contributed by atoms with E-state index in [0.717, 1.165) is 0 Å². The Morgan fingerprint density at radius 2 is 2.18 bits per heavy atom. The van der Waals surface area contributed by atoms with Crippen molar-refractivity contribution in [2.45, 2.75) is 19.4 Å². The van der Waals surface area contributed by atoms with Crippen LogP contribution >= 0.6 is 15.9 Å². The maximum absolute atomic E-state index is 13.2. The van der Waals surface area contributed by atoms with Crippen LogP contribution < -0.4 is 11.1 Å². The number of nitrogens with one attached hydrogen (secondary N) is 1. The van der Waals surface area contributed by atoms with E-state index < -0.39 is 23.7 Å². The molecule has 2 amide bonds. The molecule has 0 bridgehead atoms. The lowest BCUT2D eigenvalue weighted by molar-refractivity contribution is -0.118. The van der Waals surface area contributed by atoms with Gasteiger partial charge >= 0.3 is 0 Å². The van der Waals surface area contributed by atoms with E-state index in [9.17, 15) is 14.0 Å².